The van der Waals surface area contributed by atoms with Crippen molar-refractivity contribution in [3.05, 3.63) is 25.3 Å². The van der Waals surface area contributed by atoms with Gasteiger partial charge in [-0.15, -0.1) is 0 Å². The van der Waals surface area contributed by atoms with Crippen molar-refractivity contribution in [3.63, 3.8) is 0 Å². The Kier molecular flexibility index (Phi) is 19.3. The van der Waals surface area contributed by atoms with Crippen molar-refractivity contribution in [1.82, 2.24) is 49.7 Å². The highest BCUT2D eigenvalue weighted by Crippen LogP contribution is 2.63. The minimum atomic E-state index is -5.38. The van der Waals surface area contributed by atoms with E-state index in [-0.39, 0.29) is 96.2 Å². The van der Waals surface area contributed by atoms with Gasteiger partial charge < -0.3 is 79.4 Å². The molecule has 2 aliphatic heterocycles. The second-order valence-corrected chi connectivity index (χ2v) is 27.8. The van der Waals surface area contributed by atoms with Gasteiger partial charge in [0.15, 0.2) is 47.8 Å². The van der Waals surface area contributed by atoms with Crippen molar-refractivity contribution in [3.8, 4) is 0 Å². The van der Waals surface area contributed by atoms with E-state index in [1.165, 1.54) is 80.1 Å². The third-order valence-electron chi connectivity index (χ3n) is 18.9. The Labute approximate surface area is 501 Å². The van der Waals surface area contributed by atoms with Crippen LogP contribution in [0.2, 0.25) is 0 Å². The Morgan fingerprint density at radius 3 is 1.48 bits per heavy atom. The number of ether oxygens (including phenoxy) is 9. The van der Waals surface area contributed by atoms with Gasteiger partial charge in [0, 0.05) is 33.0 Å². The molecule has 10 fully saturated rings. The second kappa shape index (κ2) is 26.8. The van der Waals surface area contributed by atoms with E-state index in [0.29, 0.717) is 25.9 Å². The van der Waals surface area contributed by atoms with Gasteiger partial charge in [0.1, 0.15) is 61.7 Å². The van der Waals surface area contributed by atoms with Crippen LogP contribution in [0.25, 0.3) is 22.3 Å². The number of nitrogen functional groups attached to an aromatic ring is 2. The first-order chi connectivity index (χ1) is 41.9. The first-order valence-electron chi connectivity index (χ1n) is 30.1. The minimum absolute atomic E-state index is 0.0141. The highest BCUT2D eigenvalue weighted by molar-refractivity contribution is 7.47. The van der Waals surface area contributed by atoms with Gasteiger partial charge in [0.05, 0.1) is 58.9 Å². The molecule has 6 heterocycles. The second-order valence-electron chi connectivity index (χ2n) is 25.2. The van der Waals surface area contributed by atoms with Gasteiger partial charge in [-0.2, -0.15) is 0 Å². The normalized spacial score (nSPS) is 33.9. The number of hydrogen-bond donors (Lipinski definition) is 7. The molecule has 0 aromatic carbocycles. The molecule has 2 amide bonds. The molecule has 8 saturated carbocycles. The fraction of sp³-hybridized carbons (Fsp3) is 0.778. The SMILES string of the molecule is CO[C@H]1O[C@@H](n2cnc3c(N)ncnc32)[C@@H](OCOCCOCCNC(=O)CC23CC4CC(CC(C4)C2)C3)C1OP(=O)(O)OC[C@H]1O[C@@H](n2cnc3c(N)ncnc32)[C@@H](OCOCCOCCNC(=O)CC23CC4CC(CC(C4)C2)C3)C1OP(=O)(O)O. The van der Waals surface area contributed by atoms with Crippen molar-refractivity contribution in [2.24, 2.45) is 46.3 Å². The minimum Gasteiger partial charge on any atom is -0.382 e. The molecule has 8 bridgehead atoms. The smallest absolute Gasteiger partial charge is 0.382 e. The number of rotatable bonds is 32. The predicted molar refractivity (Wildman–Crippen MR) is 301 cm³/mol. The van der Waals surface area contributed by atoms with Crippen molar-refractivity contribution in [2.75, 3.05) is 91.5 Å². The summed E-state index contributed by atoms with van der Waals surface area (Å²) in [4.78, 5) is 83.3. The van der Waals surface area contributed by atoms with Crippen molar-refractivity contribution >= 4 is 61.4 Å². The maximum absolute atomic E-state index is 14.2. The zero-order chi connectivity index (χ0) is 60.5. The fourth-order valence-corrected chi connectivity index (χ4v) is 18.0. The molecule has 87 heavy (non-hydrogen) atoms. The van der Waals surface area contributed by atoms with Crippen LogP contribution in [0, 0.1) is 46.3 Å². The van der Waals surface area contributed by atoms with Crippen LogP contribution in [0.3, 0.4) is 0 Å². The summed E-state index contributed by atoms with van der Waals surface area (Å²) < 4.78 is 99.8. The molecule has 0 radical (unpaired) electrons. The zero-order valence-corrected chi connectivity index (χ0v) is 50.4. The number of carbonyl (C=O) groups excluding carboxylic acids is 2. The number of fused-ring (bicyclic) bond motifs is 2. The van der Waals surface area contributed by atoms with Crippen molar-refractivity contribution < 1.29 is 89.6 Å². The summed E-state index contributed by atoms with van der Waals surface area (Å²) in [7, 11) is -9.41. The molecule has 4 aromatic rings. The van der Waals surface area contributed by atoms with Gasteiger partial charge >= 0.3 is 15.6 Å². The van der Waals surface area contributed by atoms with E-state index < -0.39 is 85.1 Å². The molecule has 480 valence electrons. The summed E-state index contributed by atoms with van der Waals surface area (Å²) in [5.74, 6) is 4.72. The Morgan fingerprint density at radius 2 is 1.03 bits per heavy atom. The van der Waals surface area contributed by atoms with E-state index >= 15 is 0 Å². The molecule has 14 rings (SSSR count). The first kappa shape index (κ1) is 62.7. The van der Waals surface area contributed by atoms with E-state index in [9.17, 15) is 33.4 Å². The van der Waals surface area contributed by atoms with Crippen LogP contribution in [0.1, 0.15) is 102 Å². The summed E-state index contributed by atoms with van der Waals surface area (Å²) in [6.07, 6.45) is 9.33. The molecule has 2 saturated heterocycles. The molecular formula is C54H80N12O19P2. The predicted octanol–water partition coefficient (Wildman–Crippen LogP) is 3.41. The molecule has 9 atom stereocenters. The number of nitrogens with zero attached hydrogens (tertiary/aromatic N) is 8. The summed E-state index contributed by atoms with van der Waals surface area (Å²) >= 11 is 0. The lowest BCUT2D eigenvalue weighted by Gasteiger charge is -2.56. The monoisotopic (exact) mass is 1260 g/mol. The molecule has 31 nitrogen and oxygen atoms in total. The number of nitrogens with two attached hydrogens (primary N) is 2. The molecule has 9 N–H and O–H groups in total. The van der Waals surface area contributed by atoms with Crippen molar-refractivity contribution in [1.29, 1.82) is 0 Å². The van der Waals surface area contributed by atoms with E-state index in [4.69, 9.17) is 67.7 Å². The molecule has 0 spiro atoms. The number of anilines is 2. The van der Waals surface area contributed by atoms with E-state index in [1.54, 1.807) is 0 Å². The van der Waals surface area contributed by atoms with E-state index in [0.717, 1.165) is 74.0 Å². The Morgan fingerprint density at radius 1 is 0.598 bits per heavy atom. The van der Waals surface area contributed by atoms with Crippen LogP contribution in [0.5, 0.6) is 0 Å². The van der Waals surface area contributed by atoms with Crippen LogP contribution >= 0.6 is 15.6 Å². The molecule has 4 aromatic heterocycles. The average molecular weight is 1260 g/mol. The lowest BCUT2D eigenvalue weighted by molar-refractivity contribution is -0.160. The van der Waals surface area contributed by atoms with E-state index in [2.05, 4.69) is 40.5 Å². The number of aromatic nitrogens is 8. The Balaban J connectivity index is 0.652. The molecule has 8 aliphatic carbocycles. The van der Waals surface area contributed by atoms with Gasteiger partial charge in [0.25, 0.3) is 0 Å². The summed E-state index contributed by atoms with van der Waals surface area (Å²) in [5, 5.41) is 6.03. The lowest BCUT2D eigenvalue weighted by Crippen LogP contribution is -2.48. The summed E-state index contributed by atoms with van der Waals surface area (Å²) in [5.41, 5.74) is 13.2. The zero-order valence-electron chi connectivity index (χ0n) is 48.6. The number of hydrogen-bond acceptors (Lipinski definition) is 24. The van der Waals surface area contributed by atoms with Gasteiger partial charge in [-0.3, -0.25) is 32.3 Å². The number of phosphoric acid groups is 2. The molecule has 10 aliphatic rings. The standard InChI is InChI=1S/C54H80N12O19P2/c1-74-52-45(44(51(83-52)66-28-64-41-47(56)60-26-62-49(41)66)80-30-78-9-7-76-5-3-58-39(68)23-54-19-34-13-35(20-54)15-36(14-34)21-54)85-87(72,73)81-24-37-42(84-86(69,70)71)43(50(82-37)65-27-63-40-46(55)59-25-61-48(40)65)79-29-77-8-6-75-4-2-57-38(67)22-53-16-31-10-32(17-53)12-33(11-31)18-53/h25-28,31-37,42-45,50-52H,2-24,29-30H2,1H3,(H,57,67)(H,58,68)(H,72,73)(H2,55,59,61)(H2,56,60,62)(H2,69,70,71)/t31?,32?,33?,34?,35?,36?,37-,42?,43+,44+,45?,50-,51-,52+,53?,54?/m1/s1. The Hall–Kier alpha value is -4.50. The number of carbonyl (C=O) groups is 2. The topological polar surface area (TPSA) is 403 Å². The maximum Gasteiger partial charge on any atom is 0.472 e. The number of amides is 2. The van der Waals surface area contributed by atoms with Gasteiger partial charge in [0.2, 0.25) is 11.8 Å². The van der Waals surface area contributed by atoms with E-state index in [1.807, 2.05) is 0 Å². The highest BCUT2D eigenvalue weighted by atomic mass is 31.2. The van der Waals surface area contributed by atoms with Crippen molar-refractivity contribution in [2.45, 2.75) is 139 Å². The van der Waals surface area contributed by atoms with Crippen LogP contribution in [-0.2, 0) is 74.9 Å². The third-order valence-corrected chi connectivity index (χ3v) is 20.4. The Bertz CT molecular complexity index is 3070. The maximum atomic E-state index is 14.2. The van der Waals surface area contributed by atoms with Crippen LogP contribution in [0.15, 0.2) is 25.3 Å². The number of methoxy groups -OCH3 is 1. The third kappa shape index (κ3) is 14.7. The largest absolute Gasteiger partial charge is 0.472 e. The summed E-state index contributed by atoms with van der Waals surface area (Å²) in [6, 6.07) is 0. The van der Waals surface area contributed by atoms with Crippen LogP contribution in [-0.4, -0.2) is 182 Å². The quantitative estimate of drug-likeness (QED) is 0.0209. The average Bonchev–Trinajstić information content (AvgIpc) is 1.97. The highest BCUT2D eigenvalue weighted by Gasteiger charge is 2.56. The summed E-state index contributed by atoms with van der Waals surface area (Å²) in [6.45, 7) is -0.290. The van der Waals surface area contributed by atoms with Crippen LogP contribution < -0.4 is 22.1 Å². The lowest BCUT2D eigenvalue weighted by atomic mass is 9.49. The van der Waals surface area contributed by atoms with Gasteiger partial charge in [-0.1, -0.05) is 0 Å². The number of imidazole rings is 2. The molecule has 3 unspecified atom stereocenters. The first-order valence-corrected chi connectivity index (χ1v) is 33.1. The van der Waals surface area contributed by atoms with Crippen LogP contribution in [0.4, 0.5) is 11.6 Å². The molecular weight excluding hydrogens is 1180 g/mol. The van der Waals surface area contributed by atoms with Gasteiger partial charge in [-0.25, -0.2) is 39.0 Å². The number of phosphoric ester groups is 2. The fourth-order valence-electron chi connectivity index (χ4n) is 16.5. The molecule has 33 heteroatoms. The number of nitrogens with one attached hydrogen (secondary N) is 2. The van der Waals surface area contributed by atoms with Gasteiger partial charge in [-0.05, 0) is 123 Å².